The molecule has 0 spiro atoms. The van der Waals surface area contributed by atoms with Crippen LogP contribution in [-0.2, 0) is 16.0 Å². The van der Waals surface area contributed by atoms with E-state index in [-0.39, 0.29) is 18.5 Å². The molecule has 0 radical (unpaired) electrons. The standard InChI is InChI=1S/C32H42ClN3O7/c1-32(2,35-27(38)18-36-13-3-5-23(36)17-34)12-4-14-42-24-9-6-20(7-10-24)15-22-16-21(8-11-25(22)33)31-30(41)29(40)28(39)26(19-37)43-31/h6-11,16,23,26,28-31,37,39-41H,3-5,12-15,18-19H2,1-2H3,(H,35,38)/t23-,26+,28+,29-,30+,31-/m0/s1. The summed E-state index contributed by atoms with van der Waals surface area (Å²) >= 11 is 6.47. The fourth-order valence-electron chi connectivity index (χ4n) is 5.74. The average Bonchev–Trinajstić information content (AvgIpc) is 3.43. The number of nitriles is 1. The van der Waals surface area contributed by atoms with Gasteiger partial charge in [0.2, 0.25) is 5.91 Å². The third-order valence-corrected chi connectivity index (χ3v) is 8.53. The molecule has 0 aliphatic carbocycles. The topological polar surface area (TPSA) is 156 Å². The van der Waals surface area contributed by atoms with E-state index < -0.39 is 42.7 Å². The highest BCUT2D eigenvalue weighted by Crippen LogP contribution is 2.34. The van der Waals surface area contributed by atoms with Crippen molar-refractivity contribution in [2.24, 2.45) is 0 Å². The number of benzene rings is 2. The van der Waals surface area contributed by atoms with Gasteiger partial charge in [0.1, 0.15) is 36.3 Å². The lowest BCUT2D eigenvalue weighted by atomic mass is 9.90. The van der Waals surface area contributed by atoms with E-state index in [1.807, 2.05) is 43.0 Å². The van der Waals surface area contributed by atoms with Crippen LogP contribution < -0.4 is 10.1 Å². The van der Waals surface area contributed by atoms with E-state index in [2.05, 4.69) is 11.4 Å². The number of aliphatic hydroxyl groups is 4. The second-order valence-corrected chi connectivity index (χ2v) is 12.5. The van der Waals surface area contributed by atoms with Crippen LogP contribution in [0.5, 0.6) is 5.75 Å². The van der Waals surface area contributed by atoms with Crippen LogP contribution in [0.25, 0.3) is 0 Å². The number of aliphatic hydroxyl groups excluding tert-OH is 4. The van der Waals surface area contributed by atoms with Gasteiger partial charge in [-0.2, -0.15) is 5.26 Å². The van der Waals surface area contributed by atoms with Crippen molar-refractivity contribution in [1.29, 1.82) is 5.26 Å². The maximum absolute atomic E-state index is 12.5. The van der Waals surface area contributed by atoms with Gasteiger partial charge in [-0.05, 0) is 80.8 Å². The zero-order valence-electron chi connectivity index (χ0n) is 24.7. The molecule has 10 nitrogen and oxygen atoms in total. The second-order valence-electron chi connectivity index (χ2n) is 12.1. The summed E-state index contributed by atoms with van der Waals surface area (Å²) in [5.74, 6) is 0.658. The average molecular weight is 616 g/mol. The van der Waals surface area contributed by atoms with Crippen LogP contribution in [0, 0.1) is 11.3 Å². The minimum atomic E-state index is -1.45. The minimum Gasteiger partial charge on any atom is -0.494 e. The molecule has 0 aromatic heterocycles. The summed E-state index contributed by atoms with van der Waals surface area (Å²) < 4.78 is 11.6. The third-order valence-electron chi connectivity index (χ3n) is 8.16. The van der Waals surface area contributed by atoms with Gasteiger partial charge in [-0.1, -0.05) is 35.9 Å². The lowest BCUT2D eigenvalue weighted by Crippen LogP contribution is -2.55. The molecule has 2 aliphatic rings. The summed E-state index contributed by atoms with van der Waals surface area (Å²) in [5, 5.41) is 53.1. The first-order chi connectivity index (χ1) is 20.5. The van der Waals surface area contributed by atoms with E-state index in [1.165, 1.54) is 0 Å². The fraction of sp³-hybridized carbons (Fsp3) is 0.562. The second kappa shape index (κ2) is 14.8. The van der Waals surface area contributed by atoms with Crippen molar-refractivity contribution in [3.8, 4) is 11.8 Å². The first-order valence-electron chi connectivity index (χ1n) is 14.8. The van der Waals surface area contributed by atoms with Gasteiger partial charge in [-0.25, -0.2) is 0 Å². The number of carbonyl (C=O) groups is 1. The monoisotopic (exact) mass is 615 g/mol. The lowest BCUT2D eigenvalue weighted by molar-refractivity contribution is -0.231. The number of hydrogen-bond acceptors (Lipinski definition) is 9. The molecule has 2 aromatic rings. The Morgan fingerprint density at radius 1 is 1.16 bits per heavy atom. The van der Waals surface area contributed by atoms with E-state index >= 15 is 0 Å². The number of likely N-dealkylation sites (tertiary alicyclic amines) is 1. The highest BCUT2D eigenvalue weighted by molar-refractivity contribution is 6.31. The number of hydrogen-bond donors (Lipinski definition) is 5. The Balaban J connectivity index is 1.26. The molecule has 2 aromatic carbocycles. The maximum Gasteiger partial charge on any atom is 0.234 e. The Morgan fingerprint density at radius 3 is 2.60 bits per heavy atom. The molecule has 234 valence electrons. The number of nitrogens with one attached hydrogen (secondary N) is 1. The predicted octanol–water partition coefficient (Wildman–Crippen LogP) is 2.49. The first-order valence-corrected chi connectivity index (χ1v) is 15.1. The lowest BCUT2D eigenvalue weighted by Gasteiger charge is -2.40. The Kier molecular flexibility index (Phi) is 11.4. The van der Waals surface area contributed by atoms with Crippen LogP contribution in [-0.4, -0.2) is 93.5 Å². The van der Waals surface area contributed by atoms with E-state index in [9.17, 15) is 30.5 Å². The molecular weight excluding hydrogens is 574 g/mol. The largest absolute Gasteiger partial charge is 0.494 e. The van der Waals surface area contributed by atoms with E-state index in [0.717, 1.165) is 49.1 Å². The molecule has 2 fully saturated rings. The molecule has 1 amide bonds. The summed E-state index contributed by atoms with van der Waals surface area (Å²) in [5.41, 5.74) is 1.97. The number of rotatable bonds is 12. The molecule has 0 saturated carbocycles. The van der Waals surface area contributed by atoms with Gasteiger partial charge in [0.25, 0.3) is 0 Å². The van der Waals surface area contributed by atoms with Gasteiger partial charge >= 0.3 is 0 Å². The fourth-order valence-corrected chi connectivity index (χ4v) is 5.92. The molecule has 2 heterocycles. The van der Waals surface area contributed by atoms with Crippen LogP contribution in [0.1, 0.15) is 62.3 Å². The number of halogens is 1. The van der Waals surface area contributed by atoms with E-state index in [0.29, 0.717) is 23.6 Å². The molecule has 4 rings (SSSR count). The normalized spacial score (nSPS) is 26.2. The number of amides is 1. The van der Waals surface area contributed by atoms with Crippen molar-refractivity contribution in [3.63, 3.8) is 0 Å². The SMILES string of the molecule is CC(C)(CCCOc1ccc(Cc2cc([C@@H]3O[C@H](CO)[C@@H](O)[C@H](O)[C@H]3O)ccc2Cl)cc1)NC(=O)CN1CCC[C@H]1C#N. The Labute approximate surface area is 257 Å². The number of carbonyl (C=O) groups excluding carboxylic acids is 1. The Bertz CT molecular complexity index is 1270. The summed E-state index contributed by atoms with van der Waals surface area (Å²) in [6, 6.07) is 15.0. The van der Waals surface area contributed by atoms with Crippen LogP contribution in [0.15, 0.2) is 42.5 Å². The molecule has 2 aliphatic heterocycles. The molecule has 43 heavy (non-hydrogen) atoms. The zero-order chi connectivity index (χ0) is 31.1. The van der Waals surface area contributed by atoms with Crippen molar-refractivity contribution in [1.82, 2.24) is 10.2 Å². The third kappa shape index (κ3) is 8.67. The van der Waals surface area contributed by atoms with Crippen LogP contribution in [0.4, 0.5) is 0 Å². The number of ether oxygens (including phenoxy) is 2. The molecule has 0 unspecified atom stereocenters. The number of nitrogens with zero attached hydrogens (tertiary/aromatic N) is 2. The quantitative estimate of drug-likeness (QED) is 0.226. The molecule has 6 atom stereocenters. The highest BCUT2D eigenvalue weighted by Gasteiger charge is 2.44. The Morgan fingerprint density at radius 2 is 1.91 bits per heavy atom. The van der Waals surface area contributed by atoms with Gasteiger partial charge in [-0.15, -0.1) is 0 Å². The van der Waals surface area contributed by atoms with Gasteiger partial charge in [0, 0.05) is 17.1 Å². The molecule has 5 N–H and O–H groups in total. The predicted molar refractivity (Wildman–Crippen MR) is 161 cm³/mol. The van der Waals surface area contributed by atoms with Gasteiger partial charge in [0.05, 0.1) is 31.9 Å². The van der Waals surface area contributed by atoms with Gasteiger partial charge < -0.3 is 35.2 Å². The van der Waals surface area contributed by atoms with Crippen LogP contribution in [0.2, 0.25) is 5.02 Å². The van der Waals surface area contributed by atoms with Crippen LogP contribution in [0.3, 0.4) is 0 Å². The van der Waals surface area contributed by atoms with Crippen molar-refractivity contribution in [3.05, 3.63) is 64.2 Å². The first kappa shape index (κ1) is 33.1. The summed E-state index contributed by atoms with van der Waals surface area (Å²) in [4.78, 5) is 14.5. The summed E-state index contributed by atoms with van der Waals surface area (Å²) in [7, 11) is 0. The van der Waals surface area contributed by atoms with Crippen LogP contribution >= 0.6 is 11.6 Å². The summed E-state index contributed by atoms with van der Waals surface area (Å²) in [6.45, 7) is 5.00. The highest BCUT2D eigenvalue weighted by atomic mass is 35.5. The minimum absolute atomic E-state index is 0.0671. The zero-order valence-corrected chi connectivity index (χ0v) is 25.4. The molecule has 11 heteroatoms. The van der Waals surface area contributed by atoms with Crippen molar-refractivity contribution >= 4 is 17.5 Å². The smallest absolute Gasteiger partial charge is 0.234 e. The Hall–Kier alpha value is -2.75. The summed E-state index contributed by atoms with van der Waals surface area (Å²) in [6.07, 6.45) is -2.40. The molecule has 2 saturated heterocycles. The van der Waals surface area contributed by atoms with Gasteiger partial charge in [0.15, 0.2) is 0 Å². The molecule has 0 bridgehead atoms. The van der Waals surface area contributed by atoms with Crippen molar-refractivity contribution in [2.75, 3.05) is 26.3 Å². The molecular formula is C32H42ClN3O7. The van der Waals surface area contributed by atoms with E-state index in [4.69, 9.17) is 21.1 Å². The van der Waals surface area contributed by atoms with E-state index in [1.54, 1.807) is 18.2 Å². The van der Waals surface area contributed by atoms with Crippen molar-refractivity contribution in [2.45, 2.75) is 88.1 Å². The van der Waals surface area contributed by atoms with Gasteiger partial charge in [-0.3, -0.25) is 9.69 Å². The van der Waals surface area contributed by atoms with Crippen molar-refractivity contribution < 1.29 is 34.7 Å². The maximum atomic E-state index is 12.5.